The smallest absolute Gasteiger partial charge is 0.252 e. The third-order valence-electron chi connectivity index (χ3n) is 2.65. The molecule has 0 unspecified atom stereocenters. The number of ether oxygens (including phenoxy) is 1. The molecule has 2 aromatic carbocycles. The number of allylic oxidation sites excluding steroid dienone is 1. The topological polar surface area (TPSA) is 26.3 Å². The van der Waals surface area contributed by atoms with E-state index in [2.05, 4.69) is 6.58 Å². The van der Waals surface area contributed by atoms with Crippen LogP contribution >= 0.6 is 11.6 Å². The van der Waals surface area contributed by atoms with Gasteiger partial charge in [0.25, 0.3) is 5.24 Å². The molecule has 17 heavy (non-hydrogen) atoms. The highest BCUT2D eigenvalue weighted by molar-refractivity contribution is 6.74. The number of fused-ring (bicyclic) bond motifs is 1. The molecule has 0 aromatic heterocycles. The molecular weight excluding hydrogens is 236 g/mol. The van der Waals surface area contributed by atoms with Gasteiger partial charge in [0.2, 0.25) is 0 Å². The second kappa shape index (κ2) is 4.60. The fourth-order valence-electron chi connectivity index (χ4n) is 1.81. The van der Waals surface area contributed by atoms with Crippen LogP contribution in [0.1, 0.15) is 5.56 Å². The van der Waals surface area contributed by atoms with E-state index in [-0.39, 0.29) is 5.57 Å². The molecule has 0 radical (unpaired) electrons. The van der Waals surface area contributed by atoms with Crippen LogP contribution in [0.3, 0.4) is 0 Å². The first-order valence-electron chi connectivity index (χ1n) is 5.10. The molecule has 0 saturated heterocycles. The molecule has 3 heteroatoms. The zero-order valence-electron chi connectivity index (χ0n) is 9.37. The van der Waals surface area contributed by atoms with E-state index in [1.807, 2.05) is 30.3 Å². The minimum Gasteiger partial charge on any atom is -0.495 e. The van der Waals surface area contributed by atoms with Crippen LogP contribution in [0.2, 0.25) is 0 Å². The van der Waals surface area contributed by atoms with Gasteiger partial charge in [-0.3, -0.25) is 4.79 Å². The molecule has 0 fully saturated rings. The van der Waals surface area contributed by atoms with E-state index in [4.69, 9.17) is 16.3 Å². The molecule has 0 heterocycles. The van der Waals surface area contributed by atoms with Crippen LogP contribution < -0.4 is 4.74 Å². The average Bonchev–Trinajstić information content (AvgIpc) is 2.36. The maximum atomic E-state index is 11.2. The summed E-state index contributed by atoms with van der Waals surface area (Å²) in [6.45, 7) is 3.68. The van der Waals surface area contributed by atoms with Gasteiger partial charge in [0.15, 0.2) is 0 Å². The lowest BCUT2D eigenvalue weighted by Crippen LogP contribution is -1.96. The molecular formula is C14H11ClO2. The zero-order valence-corrected chi connectivity index (χ0v) is 10.1. The Kier molecular flexibility index (Phi) is 3.16. The van der Waals surface area contributed by atoms with Crippen molar-refractivity contribution in [3.63, 3.8) is 0 Å². The van der Waals surface area contributed by atoms with Gasteiger partial charge in [-0.2, -0.15) is 0 Å². The first-order valence-corrected chi connectivity index (χ1v) is 5.48. The largest absolute Gasteiger partial charge is 0.495 e. The van der Waals surface area contributed by atoms with Gasteiger partial charge in [-0.1, -0.05) is 36.9 Å². The Hall–Kier alpha value is -1.80. The molecule has 0 spiro atoms. The van der Waals surface area contributed by atoms with Crippen molar-refractivity contribution in [3.8, 4) is 5.75 Å². The number of hydrogen-bond acceptors (Lipinski definition) is 2. The molecule has 2 rings (SSSR count). The van der Waals surface area contributed by atoms with Gasteiger partial charge < -0.3 is 4.74 Å². The summed E-state index contributed by atoms with van der Waals surface area (Å²) in [5.74, 6) is 0.627. The number of halogens is 1. The predicted octanol–water partition coefficient (Wildman–Crippen LogP) is 3.63. The van der Waals surface area contributed by atoms with Crippen LogP contribution in [0.4, 0.5) is 0 Å². The Morgan fingerprint density at radius 3 is 2.59 bits per heavy atom. The van der Waals surface area contributed by atoms with Gasteiger partial charge in [0.05, 0.1) is 7.11 Å². The molecule has 2 aromatic rings. The number of hydrogen-bond donors (Lipinski definition) is 0. The highest BCUT2D eigenvalue weighted by Crippen LogP contribution is 2.34. The molecule has 0 aliphatic rings. The third kappa shape index (κ3) is 2.04. The van der Waals surface area contributed by atoms with Crippen molar-refractivity contribution in [2.24, 2.45) is 0 Å². The normalized spacial score (nSPS) is 10.2. The number of carbonyl (C=O) groups excluding carboxylic acids is 1. The fraction of sp³-hybridized carbons (Fsp3) is 0.0714. The molecule has 0 saturated carbocycles. The monoisotopic (exact) mass is 246 g/mol. The lowest BCUT2D eigenvalue weighted by molar-refractivity contribution is -0.106. The molecule has 86 valence electrons. The van der Waals surface area contributed by atoms with E-state index in [1.165, 1.54) is 0 Å². The van der Waals surface area contributed by atoms with Crippen LogP contribution in [0, 0.1) is 0 Å². The van der Waals surface area contributed by atoms with Crippen molar-refractivity contribution in [3.05, 3.63) is 48.5 Å². The Bertz CT molecular complexity index is 602. The first kappa shape index (κ1) is 11.7. The molecule has 2 nitrogen and oxygen atoms in total. The molecule has 0 aliphatic carbocycles. The van der Waals surface area contributed by atoms with Crippen LogP contribution in [-0.4, -0.2) is 12.4 Å². The van der Waals surface area contributed by atoms with Gasteiger partial charge in [-0.25, -0.2) is 0 Å². The van der Waals surface area contributed by atoms with E-state index in [9.17, 15) is 4.79 Å². The lowest BCUT2D eigenvalue weighted by Gasteiger charge is -2.11. The van der Waals surface area contributed by atoms with Gasteiger partial charge in [0.1, 0.15) is 5.75 Å². The van der Waals surface area contributed by atoms with Crippen LogP contribution in [0.5, 0.6) is 5.75 Å². The molecule has 0 bridgehead atoms. The van der Waals surface area contributed by atoms with Crippen LogP contribution in [0.25, 0.3) is 16.3 Å². The van der Waals surface area contributed by atoms with Crippen molar-refractivity contribution in [2.75, 3.05) is 7.11 Å². The first-order chi connectivity index (χ1) is 8.15. The maximum Gasteiger partial charge on any atom is 0.252 e. The Morgan fingerprint density at radius 1 is 1.24 bits per heavy atom. The molecule has 0 aliphatic heterocycles. The van der Waals surface area contributed by atoms with Crippen molar-refractivity contribution in [1.29, 1.82) is 0 Å². The van der Waals surface area contributed by atoms with Crippen LogP contribution in [-0.2, 0) is 4.79 Å². The number of benzene rings is 2. The maximum absolute atomic E-state index is 11.2. The van der Waals surface area contributed by atoms with Gasteiger partial charge in [-0.15, -0.1) is 0 Å². The lowest BCUT2D eigenvalue weighted by atomic mass is 10.0. The van der Waals surface area contributed by atoms with Crippen molar-refractivity contribution >= 4 is 33.2 Å². The summed E-state index contributed by atoms with van der Waals surface area (Å²) in [5, 5.41) is 1.41. The molecule has 0 N–H and O–H groups in total. The van der Waals surface area contributed by atoms with E-state index >= 15 is 0 Å². The van der Waals surface area contributed by atoms with Gasteiger partial charge in [0, 0.05) is 16.5 Å². The highest BCUT2D eigenvalue weighted by Gasteiger charge is 2.14. The number of methoxy groups -OCH3 is 1. The summed E-state index contributed by atoms with van der Waals surface area (Å²) >= 11 is 5.45. The second-order valence-electron chi connectivity index (χ2n) is 3.62. The summed E-state index contributed by atoms with van der Waals surface area (Å²) < 4.78 is 5.36. The average molecular weight is 247 g/mol. The number of carbonyl (C=O) groups is 1. The Balaban J connectivity index is 2.73. The summed E-state index contributed by atoms with van der Waals surface area (Å²) in [4.78, 5) is 11.2. The standard InChI is InChI=1S/C14H11ClO2/c1-9(14(15)16)11-8-7-10-5-3-4-6-12(10)13(11)17-2/h3-8H,1H2,2H3. The van der Waals surface area contributed by atoms with E-state index in [1.54, 1.807) is 13.2 Å². The second-order valence-corrected chi connectivity index (χ2v) is 3.96. The van der Waals surface area contributed by atoms with Gasteiger partial charge >= 0.3 is 0 Å². The fourth-order valence-corrected chi connectivity index (χ4v) is 1.91. The van der Waals surface area contributed by atoms with Crippen LogP contribution in [0.15, 0.2) is 43.0 Å². The summed E-state index contributed by atoms with van der Waals surface area (Å²) in [6.07, 6.45) is 0. The van der Waals surface area contributed by atoms with E-state index < -0.39 is 5.24 Å². The third-order valence-corrected chi connectivity index (χ3v) is 2.87. The molecule has 0 amide bonds. The minimum absolute atomic E-state index is 0.245. The van der Waals surface area contributed by atoms with Crippen molar-refractivity contribution in [1.82, 2.24) is 0 Å². The quantitative estimate of drug-likeness (QED) is 0.611. The Labute approximate surface area is 104 Å². The highest BCUT2D eigenvalue weighted by atomic mass is 35.5. The minimum atomic E-state index is -0.571. The van der Waals surface area contributed by atoms with Crippen molar-refractivity contribution < 1.29 is 9.53 Å². The Morgan fingerprint density at radius 2 is 1.94 bits per heavy atom. The summed E-state index contributed by atoms with van der Waals surface area (Å²) in [5.41, 5.74) is 0.875. The summed E-state index contributed by atoms with van der Waals surface area (Å²) in [6, 6.07) is 11.5. The van der Waals surface area contributed by atoms with Gasteiger partial charge in [-0.05, 0) is 23.1 Å². The predicted molar refractivity (Wildman–Crippen MR) is 70.4 cm³/mol. The zero-order chi connectivity index (χ0) is 12.4. The van der Waals surface area contributed by atoms with Crippen molar-refractivity contribution in [2.45, 2.75) is 0 Å². The van der Waals surface area contributed by atoms with E-state index in [0.717, 1.165) is 10.8 Å². The number of rotatable bonds is 3. The SMILES string of the molecule is C=C(C(=O)Cl)c1ccc2ccccc2c1OC. The summed E-state index contributed by atoms with van der Waals surface area (Å²) in [7, 11) is 1.57. The molecule has 0 atom stereocenters. The van der Waals surface area contributed by atoms with E-state index in [0.29, 0.717) is 11.3 Å².